The van der Waals surface area contributed by atoms with Gasteiger partial charge in [-0.15, -0.1) is 22.7 Å². The maximum Gasteiger partial charge on any atom is 0.267 e. The summed E-state index contributed by atoms with van der Waals surface area (Å²) in [5.74, 6) is -6.56. The molecule has 0 bridgehead atoms. The summed E-state index contributed by atoms with van der Waals surface area (Å²) in [6, 6.07) is 18.6. The minimum atomic E-state index is -4.24. The zero-order valence-corrected chi connectivity index (χ0v) is 30.8. The van der Waals surface area contributed by atoms with Gasteiger partial charge in [0.25, 0.3) is 31.9 Å². The predicted molar refractivity (Wildman–Crippen MR) is 197 cm³/mol. The number of carbonyl (C=O) groups excluding carboxylic acids is 2. The molecule has 4 N–H and O–H groups in total. The lowest BCUT2D eigenvalue weighted by atomic mass is 10.3. The Morgan fingerprint density at radius 3 is 1.44 bits per heavy atom. The van der Waals surface area contributed by atoms with Crippen LogP contribution in [0.3, 0.4) is 0 Å². The first kappa shape index (κ1) is 39.9. The van der Waals surface area contributed by atoms with Crippen LogP contribution in [0, 0.1) is 29.1 Å². The van der Waals surface area contributed by atoms with Crippen LogP contribution in [-0.4, -0.2) is 28.6 Å². The van der Waals surface area contributed by atoms with Gasteiger partial charge in [-0.25, -0.2) is 38.8 Å². The molecule has 54 heavy (non-hydrogen) atoms. The molecule has 2 heterocycles. The molecule has 0 saturated carbocycles. The van der Waals surface area contributed by atoms with E-state index >= 15 is 0 Å². The van der Waals surface area contributed by atoms with Gasteiger partial charge in [-0.1, -0.05) is 17.7 Å². The Labute approximate surface area is 317 Å². The van der Waals surface area contributed by atoms with Gasteiger partial charge in [0.2, 0.25) is 0 Å². The van der Waals surface area contributed by atoms with Gasteiger partial charge < -0.3 is 10.6 Å². The maximum atomic E-state index is 13.3. The number of thiophene rings is 2. The molecular weight excluding hydrogens is 819 g/mol. The zero-order chi connectivity index (χ0) is 39.2. The number of carbonyl (C=O) groups is 2. The molecule has 0 spiro atoms. The van der Waals surface area contributed by atoms with E-state index in [0.29, 0.717) is 40.7 Å². The quantitative estimate of drug-likeness (QED) is 0.101. The van der Waals surface area contributed by atoms with Gasteiger partial charge in [0, 0.05) is 16.4 Å². The number of benzene rings is 4. The van der Waals surface area contributed by atoms with Crippen molar-refractivity contribution in [2.75, 3.05) is 20.1 Å². The van der Waals surface area contributed by atoms with Crippen molar-refractivity contribution >= 4 is 88.9 Å². The van der Waals surface area contributed by atoms with E-state index in [1.165, 1.54) is 41.1 Å². The highest BCUT2D eigenvalue weighted by Gasteiger charge is 2.23. The molecule has 6 aromatic rings. The first-order valence-electron chi connectivity index (χ1n) is 14.8. The number of hydrogen-bond acceptors (Lipinski definition) is 8. The molecule has 0 aliphatic heterocycles. The molecule has 0 unspecified atom stereocenters. The van der Waals surface area contributed by atoms with E-state index < -0.39 is 70.7 Å². The van der Waals surface area contributed by atoms with Crippen LogP contribution < -0.4 is 20.1 Å². The van der Waals surface area contributed by atoms with E-state index in [9.17, 15) is 48.4 Å². The van der Waals surface area contributed by atoms with Gasteiger partial charge in [-0.05, 0) is 102 Å². The Kier molecular flexibility index (Phi) is 12.4. The fourth-order valence-corrected chi connectivity index (χ4v) is 8.28. The summed E-state index contributed by atoms with van der Waals surface area (Å²) in [4.78, 5) is 24.0. The molecule has 0 radical (unpaired) electrons. The van der Waals surface area contributed by atoms with Crippen LogP contribution in [-0.2, 0) is 20.0 Å². The molecule has 0 aliphatic rings. The van der Waals surface area contributed by atoms with Crippen molar-refractivity contribution in [3.63, 3.8) is 0 Å². The van der Waals surface area contributed by atoms with E-state index in [4.69, 9.17) is 11.6 Å². The number of halogens is 6. The van der Waals surface area contributed by atoms with Crippen LogP contribution in [0.25, 0.3) is 0 Å². The van der Waals surface area contributed by atoms with Crippen molar-refractivity contribution in [1.29, 1.82) is 0 Å². The van der Waals surface area contributed by atoms with Crippen LogP contribution in [0.15, 0.2) is 118 Å². The third-order valence-corrected chi connectivity index (χ3v) is 11.6. The third-order valence-electron chi connectivity index (χ3n) is 6.82. The van der Waals surface area contributed by atoms with Crippen molar-refractivity contribution in [2.45, 2.75) is 9.79 Å². The molecule has 0 fully saturated rings. The molecule has 4 aromatic carbocycles. The highest BCUT2D eigenvalue weighted by atomic mass is 35.5. The lowest BCUT2D eigenvalue weighted by molar-refractivity contribution is 0.102. The van der Waals surface area contributed by atoms with Gasteiger partial charge in [0.1, 0.15) is 15.6 Å². The lowest BCUT2D eigenvalue weighted by Crippen LogP contribution is -2.17. The Bertz CT molecular complexity index is 2570. The number of anilines is 4. The first-order chi connectivity index (χ1) is 25.5. The number of nitrogens with one attached hydrogen (secondary N) is 4. The van der Waals surface area contributed by atoms with Crippen LogP contribution in [0.2, 0.25) is 5.02 Å². The van der Waals surface area contributed by atoms with Gasteiger partial charge >= 0.3 is 0 Å². The molecule has 0 atom stereocenters. The Morgan fingerprint density at radius 2 is 1.00 bits per heavy atom. The molecule has 0 saturated heterocycles. The highest BCUT2D eigenvalue weighted by molar-refractivity contribution is 7.93. The Morgan fingerprint density at radius 1 is 0.537 bits per heavy atom. The third kappa shape index (κ3) is 9.99. The smallest absolute Gasteiger partial charge is 0.267 e. The molecule has 6 rings (SSSR count). The molecular formula is C34H22ClF5N4O6S4. The average molecular weight is 841 g/mol. The van der Waals surface area contributed by atoms with Crippen molar-refractivity contribution in [3.05, 3.63) is 152 Å². The second-order valence-electron chi connectivity index (χ2n) is 10.6. The summed E-state index contributed by atoms with van der Waals surface area (Å²) in [5, 5.41) is 8.57. The standard InChI is InChI=1S/C17H11ClF2N2O3S2.C17H11F3N2O3S2/c18-10-2-1-3-11(8-10)21-17(23)16-15(6-7-26-16)22-27(24,25)12-4-5-13(19)14(20)9-12;18-10-1-3-11(4-2-10)21-17(23)16-15(7-8-26-16)22-27(24,25)12-5-6-13(19)14(20)9-12/h2*1-9,22H,(H,21,23). The van der Waals surface area contributed by atoms with Crippen LogP contribution in [0.4, 0.5) is 44.7 Å². The van der Waals surface area contributed by atoms with Crippen molar-refractivity contribution < 1.29 is 48.4 Å². The van der Waals surface area contributed by atoms with Gasteiger partial charge in [0.15, 0.2) is 23.3 Å². The topological polar surface area (TPSA) is 151 Å². The summed E-state index contributed by atoms with van der Waals surface area (Å²) in [7, 11) is -8.45. The van der Waals surface area contributed by atoms with Gasteiger partial charge in [-0.3, -0.25) is 19.0 Å². The lowest BCUT2D eigenvalue weighted by Gasteiger charge is -2.10. The van der Waals surface area contributed by atoms with Gasteiger partial charge in [0.05, 0.1) is 21.2 Å². The number of hydrogen-bond donors (Lipinski definition) is 4. The number of sulfonamides is 2. The fraction of sp³-hybridized carbons (Fsp3) is 0. The van der Waals surface area contributed by atoms with E-state index in [1.54, 1.807) is 18.2 Å². The number of rotatable bonds is 10. The van der Waals surface area contributed by atoms with Gasteiger partial charge in [-0.2, -0.15) is 0 Å². The van der Waals surface area contributed by atoms with Crippen molar-refractivity contribution in [2.24, 2.45) is 0 Å². The molecule has 10 nitrogen and oxygen atoms in total. The van der Waals surface area contributed by atoms with Crippen molar-refractivity contribution in [1.82, 2.24) is 0 Å². The second kappa shape index (κ2) is 16.8. The van der Waals surface area contributed by atoms with E-state index in [-0.39, 0.29) is 21.1 Å². The SMILES string of the molecule is O=C(Nc1ccc(F)cc1)c1sccc1NS(=O)(=O)c1ccc(F)c(F)c1.O=C(Nc1cccc(Cl)c1)c1sccc1NS(=O)(=O)c1ccc(F)c(F)c1. The largest absolute Gasteiger partial charge is 0.321 e. The zero-order valence-electron chi connectivity index (χ0n) is 26.7. The summed E-state index contributed by atoms with van der Waals surface area (Å²) in [5.41, 5.74) is 0.758. The predicted octanol–water partition coefficient (Wildman–Crippen LogP) is 8.95. The summed E-state index contributed by atoms with van der Waals surface area (Å²) >= 11 is 7.86. The van der Waals surface area contributed by atoms with Crippen LogP contribution in [0.5, 0.6) is 0 Å². The molecule has 0 aliphatic carbocycles. The molecule has 2 amide bonds. The van der Waals surface area contributed by atoms with E-state index in [0.717, 1.165) is 46.9 Å². The highest BCUT2D eigenvalue weighted by Crippen LogP contribution is 2.29. The summed E-state index contributed by atoms with van der Waals surface area (Å²) < 4.78 is 119. The van der Waals surface area contributed by atoms with Crippen LogP contribution >= 0.6 is 34.3 Å². The minimum Gasteiger partial charge on any atom is -0.321 e. The summed E-state index contributed by atoms with van der Waals surface area (Å²) in [6.45, 7) is 0. The Balaban J connectivity index is 0.000000208. The van der Waals surface area contributed by atoms with E-state index in [1.807, 2.05) is 0 Å². The second-order valence-corrected chi connectivity index (χ2v) is 16.2. The Hall–Kier alpha value is -5.34. The molecule has 2 aromatic heterocycles. The normalized spacial score (nSPS) is 11.2. The maximum absolute atomic E-state index is 13.3. The minimum absolute atomic E-state index is 0.0178. The molecule has 20 heteroatoms. The summed E-state index contributed by atoms with van der Waals surface area (Å²) in [6.07, 6.45) is 0. The van der Waals surface area contributed by atoms with Crippen LogP contribution in [0.1, 0.15) is 19.3 Å². The monoisotopic (exact) mass is 840 g/mol. The number of amides is 2. The van der Waals surface area contributed by atoms with E-state index in [2.05, 4.69) is 20.1 Å². The first-order valence-corrected chi connectivity index (χ1v) is 19.9. The fourth-order valence-electron chi connectivity index (χ4n) is 4.30. The molecule has 280 valence electrons. The van der Waals surface area contributed by atoms with Crippen molar-refractivity contribution in [3.8, 4) is 0 Å². The average Bonchev–Trinajstić information content (AvgIpc) is 3.77.